The number of nitrogens with zero attached hydrogens (tertiary/aromatic N) is 1. The fourth-order valence-corrected chi connectivity index (χ4v) is 5.63. The second-order valence-electron chi connectivity index (χ2n) is 9.14. The monoisotopic (exact) mass is 490 g/mol. The molecule has 3 atom stereocenters. The Bertz CT molecular complexity index is 1100. The maximum Gasteiger partial charge on any atom is 0.255 e. The molecule has 1 aromatic carbocycles. The van der Waals surface area contributed by atoms with Gasteiger partial charge in [0.2, 0.25) is 5.78 Å². The van der Waals surface area contributed by atoms with Gasteiger partial charge in [-0.3, -0.25) is 14.4 Å². The third-order valence-corrected chi connectivity index (χ3v) is 7.60. The molecule has 0 aromatic heterocycles. The molecule has 1 aliphatic heterocycles. The summed E-state index contributed by atoms with van der Waals surface area (Å²) in [5.74, 6) is -3.38. The van der Waals surface area contributed by atoms with Crippen LogP contribution in [0.1, 0.15) is 31.7 Å². The molecular weight excluding hydrogens is 463 g/mol. The fourth-order valence-electron chi connectivity index (χ4n) is 5.43. The highest BCUT2D eigenvalue weighted by Gasteiger charge is 2.64. The van der Waals surface area contributed by atoms with E-state index in [1.165, 1.54) is 18.2 Å². The number of allylic oxidation sites excluding steroid dienone is 2. The summed E-state index contributed by atoms with van der Waals surface area (Å²) in [6.45, 7) is 3.24. The highest BCUT2D eigenvalue weighted by Crippen LogP contribution is 2.63. The first-order valence-corrected chi connectivity index (χ1v) is 11.8. The van der Waals surface area contributed by atoms with Crippen molar-refractivity contribution in [3.63, 3.8) is 0 Å². The standard InChI is InChI=1S/C25H28ClFN2O5/c1-3-29-13-25(10-15(25)12-34-2)17-8-5-7-16(21(30)22(31)19(17)24(29)33)23(32)28-11-14-6-4-9-18(26)20(14)27/h4,6-7,9,15,17,31H,3,5,8,10-13H2,1-2H3,(H,28,32)/b16-7+,22-19?/t15-,17?,25-/m0/s1. The lowest BCUT2D eigenvalue weighted by molar-refractivity contribution is -0.133. The summed E-state index contributed by atoms with van der Waals surface area (Å²) in [6, 6.07) is 4.43. The average molecular weight is 491 g/mol. The van der Waals surface area contributed by atoms with Crippen LogP contribution in [0.2, 0.25) is 5.02 Å². The van der Waals surface area contributed by atoms with E-state index >= 15 is 0 Å². The molecule has 3 aliphatic rings. The van der Waals surface area contributed by atoms with Crippen molar-refractivity contribution in [3.8, 4) is 0 Å². The number of likely N-dealkylation sites (N-methyl/N-ethyl adjacent to an activating group) is 1. The van der Waals surface area contributed by atoms with Crippen LogP contribution in [0.25, 0.3) is 0 Å². The molecule has 9 heteroatoms. The molecule has 7 nitrogen and oxygen atoms in total. The van der Waals surface area contributed by atoms with Crippen molar-refractivity contribution in [3.05, 3.63) is 57.6 Å². The molecule has 1 spiro atoms. The van der Waals surface area contributed by atoms with E-state index in [4.69, 9.17) is 16.3 Å². The Morgan fingerprint density at radius 2 is 2.15 bits per heavy atom. The van der Waals surface area contributed by atoms with Gasteiger partial charge in [-0.15, -0.1) is 0 Å². The van der Waals surface area contributed by atoms with Gasteiger partial charge in [0.15, 0.2) is 5.76 Å². The second-order valence-corrected chi connectivity index (χ2v) is 9.55. The van der Waals surface area contributed by atoms with Crippen LogP contribution in [-0.2, 0) is 25.7 Å². The topological polar surface area (TPSA) is 95.9 Å². The Hall–Kier alpha value is -2.71. The van der Waals surface area contributed by atoms with Crippen LogP contribution in [0.15, 0.2) is 41.2 Å². The smallest absolute Gasteiger partial charge is 0.255 e. The van der Waals surface area contributed by atoms with Crippen molar-refractivity contribution in [2.45, 2.75) is 32.7 Å². The Morgan fingerprint density at radius 1 is 1.38 bits per heavy atom. The van der Waals surface area contributed by atoms with E-state index in [0.717, 1.165) is 6.42 Å². The number of carbonyl (C=O) groups excluding carboxylic acids is 3. The van der Waals surface area contributed by atoms with E-state index < -0.39 is 23.3 Å². The predicted octanol–water partition coefficient (Wildman–Crippen LogP) is 3.33. The first-order valence-electron chi connectivity index (χ1n) is 11.4. The minimum atomic E-state index is -0.894. The number of rotatable bonds is 6. The van der Waals surface area contributed by atoms with Crippen molar-refractivity contribution >= 4 is 29.2 Å². The van der Waals surface area contributed by atoms with Gasteiger partial charge in [-0.05, 0) is 38.2 Å². The normalized spacial score (nSPS) is 28.2. The number of benzene rings is 1. The number of fused-ring (bicyclic) bond motifs is 2. The molecule has 182 valence electrons. The third-order valence-electron chi connectivity index (χ3n) is 7.31. The van der Waals surface area contributed by atoms with Crippen molar-refractivity contribution < 1.29 is 28.6 Å². The maximum atomic E-state index is 14.2. The lowest BCUT2D eigenvalue weighted by Gasteiger charge is -2.41. The number of hydrogen-bond acceptors (Lipinski definition) is 5. The molecule has 34 heavy (non-hydrogen) atoms. The van der Waals surface area contributed by atoms with Crippen LogP contribution in [0, 0.1) is 23.1 Å². The zero-order chi connectivity index (χ0) is 24.6. The molecule has 2 N–H and O–H groups in total. The zero-order valence-electron chi connectivity index (χ0n) is 19.2. The number of aliphatic hydroxyl groups is 1. The minimum absolute atomic E-state index is 0.0708. The molecule has 1 saturated heterocycles. The second kappa shape index (κ2) is 9.50. The third kappa shape index (κ3) is 4.14. The van der Waals surface area contributed by atoms with E-state index in [2.05, 4.69) is 5.32 Å². The predicted molar refractivity (Wildman–Crippen MR) is 123 cm³/mol. The van der Waals surface area contributed by atoms with Crippen molar-refractivity contribution in [2.75, 3.05) is 26.8 Å². The van der Waals surface area contributed by atoms with E-state index in [0.29, 0.717) is 32.5 Å². The Kier molecular flexibility index (Phi) is 6.82. The largest absolute Gasteiger partial charge is 0.504 e. The number of Topliss-reactive ketones (excluding diaryl/α,β-unsaturated/α-hetero) is 1. The molecule has 0 radical (unpaired) electrons. The number of aliphatic hydroxyl groups excluding tert-OH is 1. The van der Waals surface area contributed by atoms with E-state index in [-0.39, 0.29) is 51.4 Å². The lowest BCUT2D eigenvalue weighted by Crippen LogP contribution is -2.49. The molecule has 2 aliphatic carbocycles. The first-order chi connectivity index (χ1) is 16.2. The van der Waals surface area contributed by atoms with Crippen molar-refractivity contribution in [1.82, 2.24) is 10.2 Å². The number of methoxy groups -OCH3 is 1. The highest BCUT2D eigenvalue weighted by atomic mass is 35.5. The van der Waals surface area contributed by atoms with Crippen LogP contribution in [0.5, 0.6) is 0 Å². The summed E-state index contributed by atoms with van der Waals surface area (Å²) < 4.78 is 19.5. The van der Waals surface area contributed by atoms with Crippen LogP contribution >= 0.6 is 11.6 Å². The molecule has 0 bridgehead atoms. The Balaban J connectivity index is 1.60. The Labute approximate surface area is 202 Å². The van der Waals surface area contributed by atoms with Crippen LogP contribution in [0.3, 0.4) is 0 Å². The van der Waals surface area contributed by atoms with Gasteiger partial charge in [0.25, 0.3) is 11.8 Å². The number of ether oxygens (including phenoxy) is 1. The number of piperidine rings is 1. The van der Waals surface area contributed by atoms with E-state index in [1.54, 1.807) is 18.1 Å². The summed E-state index contributed by atoms with van der Waals surface area (Å²) in [5, 5.41) is 13.4. The lowest BCUT2D eigenvalue weighted by atomic mass is 9.72. The summed E-state index contributed by atoms with van der Waals surface area (Å²) in [6.07, 6.45) is 3.26. The van der Waals surface area contributed by atoms with Crippen molar-refractivity contribution in [2.24, 2.45) is 17.3 Å². The number of nitrogens with one attached hydrogen (secondary N) is 1. The van der Waals surface area contributed by atoms with E-state index in [9.17, 15) is 23.9 Å². The summed E-state index contributed by atoms with van der Waals surface area (Å²) >= 11 is 5.78. The van der Waals surface area contributed by atoms with Gasteiger partial charge in [0, 0.05) is 50.2 Å². The summed E-state index contributed by atoms with van der Waals surface area (Å²) in [5.41, 5.74) is -0.230. The maximum absolute atomic E-state index is 14.2. The van der Waals surface area contributed by atoms with Crippen LogP contribution in [-0.4, -0.2) is 54.4 Å². The van der Waals surface area contributed by atoms with Gasteiger partial charge in [-0.25, -0.2) is 4.39 Å². The van der Waals surface area contributed by atoms with Gasteiger partial charge in [-0.2, -0.15) is 0 Å². The molecule has 1 saturated carbocycles. The zero-order valence-corrected chi connectivity index (χ0v) is 20.0. The molecule has 1 aromatic rings. The molecular formula is C25H28ClFN2O5. The summed E-state index contributed by atoms with van der Waals surface area (Å²) in [4.78, 5) is 40.9. The van der Waals surface area contributed by atoms with Gasteiger partial charge in [-0.1, -0.05) is 29.8 Å². The number of likely N-dealkylation sites (tertiary alicyclic amines) is 1. The van der Waals surface area contributed by atoms with Gasteiger partial charge in [0.05, 0.1) is 16.2 Å². The quantitative estimate of drug-likeness (QED) is 0.596. The highest BCUT2D eigenvalue weighted by molar-refractivity contribution is 6.30. The molecule has 1 heterocycles. The SMILES string of the molecule is CCN1C[C@]2(C[C@H]2COC)C2CC/C=C(/C(=O)NCc3cccc(Cl)c3F)C(=O)C(O)=C2C1=O. The number of hydrogen-bond donors (Lipinski definition) is 2. The van der Waals surface area contributed by atoms with Gasteiger partial charge < -0.3 is 20.1 Å². The molecule has 4 rings (SSSR count). The van der Waals surface area contributed by atoms with E-state index in [1.807, 2.05) is 6.92 Å². The van der Waals surface area contributed by atoms with Crippen LogP contribution in [0.4, 0.5) is 4.39 Å². The first kappa shape index (κ1) is 24.4. The number of amides is 2. The Morgan fingerprint density at radius 3 is 2.85 bits per heavy atom. The fraction of sp³-hybridized carbons (Fsp3) is 0.480. The van der Waals surface area contributed by atoms with Gasteiger partial charge >= 0.3 is 0 Å². The number of ketones is 1. The minimum Gasteiger partial charge on any atom is -0.504 e. The molecule has 2 amide bonds. The molecule has 2 fully saturated rings. The number of halogens is 2. The number of carbonyl (C=O) groups is 3. The van der Waals surface area contributed by atoms with Crippen molar-refractivity contribution in [1.29, 1.82) is 0 Å². The average Bonchev–Trinajstić information content (AvgIpc) is 3.50. The van der Waals surface area contributed by atoms with Crippen LogP contribution < -0.4 is 5.32 Å². The summed E-state index contributed by atoms with van der Waals surface area (Å²) in [7, 11) is 1.64. The van der Waals surface area contributed by atoms with Gasteiger partial charge in [0.1, 0.15) is 5.82 Å². The molecule has 1 unspecified atom stereocenters.